The number of ether oxygens (including phenoxy) is 1. The van der Waals surface area contributed by atoms with Crippen molar-refractivity contribution in [3.05, 3.63) is 64.6 Å². The number of fused-ring (bicyclic) bond motifs is 1. The summed E-state index contributed by atoms with van der Waals surface area (Å²) in [7, 11) is 3.43. The molecule has 3 rings (SSSR count). The van der Waals surface area contributed by atoms with Gasteiger partial charge in [0.25, 0.3) is 0 Å². The van der Waals surface area contributed by atoms with E-state index in [1.165, 1.54) is 4.57 Å². The highest BCUT2D eigenvalue weighted by molar-refractivity contribution is 5.80. The van der Waals surface area contributed by atoms with Gasteiger partial charge in [0.1, 0.15) is 18.9 Å². The normalized spacial score (nSPS) is 10.9. The maximum absolute atomic E-state index is 12.5. The van der Waals surface area contributed by atoms with Crippen molar-refractivity contribution in [2.75, 3.05) is 20.2 Å². The fourth-order valence-electron chi connectivity index (χ4n) is 2.90. The van der Waals surface area contributed by atoms with E-state index in [-0.39, 0.29) is 18.1 Å². The molecule has 0 aliphatic heterocycles. The number of carbonyl (C=O) groups is 1. The minimum Gasteiger partial charge on any atom is -0.492 e. The zero-order valence-corrected chi connectivity index (χ0v) is 15.3. The van der Waals surface area contributed by atoms with E-state index in [1.54, 1.807) is 23.6 Å². The Balaban J connectivity index is 1.63. The number of benzene rings is 2. The molecule has 0 radical (unpaired) electrons. The van der Waals surface area contributed by atoms with Crippen molar-refractivity contribution in [3.8, 4) is 5.75 Å². The zero-order chi connectivity index (χ0) is 18.7. The first kappa shape index (κ1) is 17.8. The van der Waals surface area contributed by atoms with Crippen LogP contribution >= 0.6 is 0 Å². The van der Waals surface area contributed by atoms with Gasteiger partial charge in [-0.25, -0.2) is 4.79 Å². The minimum absolute atomic E-state index is 0.0150. The van der Waals surface area contributed by atoms with E-state index in [9.17, 15) is 9.59 Å². The van der Waals surface area contributed by atoms with Crippen LogP contribution in [-0.2, 0) is 18.4 Å². The summed E-state index contributed by atoms with van der Waals surface area (Å²) in [6, 6.07) is 15.3. The second-order valence-electron chi connectivity index (χ2n) is 6.40. The average molecular weight is 353 g/mol. The van der Waals surface area contributed by atoms with E-state index in [1.807, 2.05) is 55.5 Å². The van der Waals surface area contributed by atoms with Gasteiger partial charge in [0.05, 0.1) is 17.6 Å². The van der Waals surface area contributed by atoms with Crippen molar-refractivity contribution >= 4 is 16.9 Å². The average Bonchev–Trinajstić information content (AvgIpc) is 2.87. The Labute approximate surface area is 152 Å². The molecule has 0 aliphatic carbocycles. The molecule has 6 nitrogen and oxygen atoms in total. The summed E-state index contributed by atoms with van der Waals surface area (Å²) in [5.74, 6) is 0.660. The predicted molar refractivity (Wildman–Crippen MR) is 101 cm³/mol. The van der Waals surface area contributed by atoms with Crippen LogP contribution in [0.4, 0.5) is 0 Å². The van der Waals surface area contributed by atoms with Crippen LogP contribution in [0, 0.1) is 6.92 Å². The summed E-state index contributed by atoms with van der Waals surface area (Å²) < 4.78 is 8.76. The summed E-state index contributed by atoms with van der Waals surface area (Å²) in [5, 5.41) is 0. The third-order valence-corrected chi connectivity index (χ3v) is 4.46. The first-order valence-corrected chi connectivity index (χ1v) is 8.55. The van der Waals surface area contributed by atoms with Crippen LogP contribution < -0.4 is 10.4 Å². The second kappa shape index (κ2) is 7.47. The molecule has 6 heteroatoms. The number of likely N-dealkylation sites (N-methyl/N-ethyl adjacent to an activating group) is 1. The van der Waals surface area contributed by atoms with Crippen molar-refractivity contribution < 1.29 is 9.53 Å². The van der Waals surface area contributed by atoms with Crippen LogP contribution in [0.2, 0.25) is 0 Å². The third-order valence-electron chi connectivity index (χ3n) is 4.46. The minimum atomic E-state index is -0.191. The van der Waals surface area contributed by atoms with Gasteiger partial charge in [0.15, 0.2) is 0 Å². The van der Waals surface area contributed by atoms with E-state index < -0.39 is 0 Å². The Morgan fingerprint density at radius 3 is 2.58 bits per heavy atom. The van der Waals surface area contributed by atoms with Gasteiger partial charge in [0.2, 0.25) is 5.91 Å². The maximum atomic E-state index is 12.5. The number of rotatable bonds is 6. The van der Waals surface area contributed by atoms with Crippen LogP contribution in [0.3, 0.4) is 0 Å². The molecule has 26 heavy (non-hydrogen) atoms. The Morgan fingerprint density at radius 2 is 1.85 bits per heavy atom. The van der Waals surface area contributed by atoms with Gasteiger partial charge in [-0.1, -0.05) is 24.3 Å². The molecule has 2 aromatic carbocycles. The maximum Gasteiger partial charge on any atom is 0.329 e. The largest absolute Gasteiger partial charge is 0.492 e. The highest BCUT2D eigenvalue weighted by Gasteiger charge is 2.15. The number of nitrogens with zero attached hydrogens (tertiary/aromatic N) is 3. The fraction of sp³-hybridized carbons (Fsp3) is 0.300. The van der Waals surface area contributed by atoms with E-state index in [0.29, 0.717) is 13.2 Å². The Morgan fingerprint density at radius 1 is 1.12 bits per heavy atom. The highest BCUT2D eigenvalue weighted by atomic mass is 16.5. The summed E-state index contributed by atoms with van der Waals surface area (Å²) in [6.45, 7) is 2.87. The molecule has 0 saturated heterocycles. The monoisotopic (exact) mass is 353 g/mol. The number of para-hydroxylation sites is 2. The van der Waals surface area contributed by atoms with Crippen molar-refractivity contribution in [3.63, 3.8) is 0 Å². The molecular formula is C20H23N3O3. The molecule has 0 N–H and O–H groups in total. The highest BCUT2D eigenvalue weighted by Crippen LogP contribution is 2.13. The van der Waals surface area contributed by atoms with Crippen LogP contribution in [0.25, 0.3) is 11.0 Å². The second-order valence-corrected chi connectivity index (χ2v) is 6.40. The Hall–Kier alpha value is -3.02. The fourth-order valence-corrected chi connectivity index (χ4v) is 2.90. The molecule has 136 valence electrons. The van der Waals surface area contributed by atoms with Crippen LogP contribution in [0.15, 0.2) is 53.3 Å². The molecule has 3 aromatic rings. The predicted octanol–water partition coefficient (Wildman–Crippen LogP) is 2.19. The van der Waals surface area contributed by atoms with Gasteiger partial charge < -0.3 is 9.64 Å². The number of aromatic nitrogens is 2. The number of aryl methyl sites for hydroxylation is 2. The molecule has 0 spiro atoms. The zero-order valence-electron chi connectivity index (χ0n) is 15.3. The smallest absolute Gasteiger partial charge is 0.329 e. The molecule has 0 fully saturated rings. The first-order chi connectivity index (χ1) is 12.5. The van der Waals surface area contributed by atoms with E-state index >= 15 is 0 Å². The van der Waals surface area contributed by atoms with Crippen molar-refractivity contribution in [2.45, 2.75) is 13.5 Å². The molecule has 0 aliphatic rings. The molecule has 1 heterocycles. The van der Waals surface area contributed by atoms with Gasteiger partial charge in [0, 0.05) is 14.1 Å². The van der Waals surface area contributed by atoms with Crippen molar-refractivity contribution in [2.24, 2.45) is 7.05 Å². The summed E-state index contributed by atoms with van der Waals surface area (Å²) >= 11 is 0. The van der Waals surface area contributed by atoms with E-state index in [0.717, 1.165) is 22.3 Å². The number of carbonyl (C=O) groups excluding carboxylic acids is 1. The molecule has 0 atom stereocenters. The van der Waals surface area contributed by atoms with Gasteiger partial charge in [-0.15, -0.1) is 0 Å². The number of amides is 1. The van der Waals surface area contributed by atoms with E-state index in [2.05, 4.69) is 0 Å². The standard InChI is InChI=1S/C20H23N3O3/c1-15-7-6-8-16(13-15)26-12-11-21(2)19(24)14-23-18-10-5-4-9-17(18)22(3)20(23)25/h4-10,13H,11-12,14H2,1-3H3. The van der Waals surface area contributed by atoms with E-state index in [4.69, 9.17) is 4.74 Å². The Kier molecular flexibility index (Phi) is 5.11. The quantitative estimate of drug-likeness (QED) is 0.683. The molecule has 1 amide bonds. The van der Waals surface area contributed by atoms with Crippen LogP contribution in [-0.4, -0.2) is 40.1 Å². The number of hydrogen-bond donors (Lipinski definition) is 0. The lowest BCUT2D eigenvalue weighted by Gasteiger charge is -2.18. The van der Waals surface area contributed by atoms with Crippen molar-refractivity contribution in [1.29, 1.82) is 0 Å². The molecule has 0 unspecified atom stereocenters. The Bertz CT molecular complexity index is 987. The lowest BCUT2D eigenvalue weighted by molar-refractivity contribution is -0.130. The lowest BCUT2D eigenvalue weighted by atomic mass is 10.2. The van der Waals surface area contributed by atoms with Crippen molar-refractivity contribution in [1.82, 2.24) is 14.0 Å². The SMILES string of the molecule is Cc1cccc(OCCN(C)C(=O)Cn2c(=O)n(C)c3ccccc32)c1. The third kappa shape index (κ3) is 3.64. The molecule has 0 bridgehead atoms. The van der Waals surface area contributed by atoms with Gasteiger partial charge in [-0.2, -0.15) is 0 Å². The summed E-state index contributed by atoms with van der Waals surface area (Å²) in [4.78, 5) is 26.5. The number of hydrogen-bond acceptors (Lipinski definition) is 3. The summed E-state index contributed by atoms with van der Waals surface area (Å²) in [6.07, 6.45) is 0. The lowest BCUT2D eigenvalue weighted by Crippen LogP contribution is -2.36. The van der Waals surface area contributed by atoms with Crippen LogP contribution in [0.1, 0.15) is 5.56 Å². The molecule has 0 saturated carbocycles. The first-order valence-electron chi connectivity index (χ1n) is 8.55. The molecular weight excluding hydrogens is 330 g/mol. The summed E-state index contributed by atoms with van der Waals surface area (Å²) in [5.41, 5.74) is 2.51. The van der Waals surface area contributed by atoms with Gasteiger partial charge in [-0.05, 0) is 36.8 Å². The van der Waals surface area contributed by atoms with Crippen LogP contribution in [0.5, 0.6) is 5.75 Å². The topological polar surface area (TPSA) is 56.5 Å². The number of imidazole rings is 1. The molecule has 1 aromatic heterocycles. The van der Waals surface area contributed by atoms with Gasteiger partial charge in [-0.3, -0.25) is 13.9 Å². The van der Waals surface area contributed by atoms with Gasteiger partial charge >= 0.3 is 5.69 Å².